The highest BCUT2D eigenvalue weighted by Gasteiger charge is 2.15. The molecule has 0 aliphatic carbocycles. The maximum atomic E-state index is 11.8. The molecule has 0 aliphatic heterocycles. The van der Waals surface area contributed by atoms with Crippen LogP contribution in [0.2, 0.25) is 5.02 Å². The molecule has 1 N–H and O–H groups in total. The van der Waals surface area contributed by atoms with Crippen molar-refractivity contribution in [3.63, 3.8) is 0 Å². The van der Waals surface area contributed by atoms with Gasteiger partial charge in [-0.1, -0.05) is 23.7 Å². The number of carbonyl (C=O) groups excluding carboxylic acids is 1. The Kier molecular flexibility index (Phi) is 4.46. The Balaban J connectivity index is 2.10. The molecule has 2 rings (SSSR count). The standard InChI is InChI=1S/C16H13ClN2O2/c1-10-11(2)21-16(14(10)9-18)19-15(20)8-5-12-3-6-13(17)7-4-12/h3-8H,1-2H3,(H,19,20)/b8-5+. The summed E-state index contributed by atoms with van der Waals surface area (Å²) in [6.07, 6.45) is 3.03. The molecule has 21 heavy (non-hydrogen) atoms. The van der Waals surface area contributed by atoms with Gasteiger partial charge in [-0.15, -0.1) is 0 Å². The lowest BCUT2D eigenvalue weighted by Gasteiger charge is -1.98. The van der Waals surface area contributed by atoms with E-state index in [4.69, 9.17) is 21.3 Å². The molecule has 106 valence electrons. The van der Waals surface area contributed by atoms with E-state index in [2.05, 4.69) is 5.32 Å². The van der Waals surface area contributed by atoms with Crippen LogP contribution in [-0.4, -0.2) is 5.91 Å². The van der Waals surface area contributed by atoms with E-state index in [0.717, 1.165) is 11.1 Å². The lowest BCUT2D eigenvalue weighted by Crippen LogP contribution is -2.08. The lowest BCUT2D eigenvalue weighted by molar-refractivity contribution is -0.111. The number of halogens is 1. The van der Waals surface area contributed by atoms with Gasteiger partial charge in [0.25, 0.3) is 5.91 Å². The number of furan rings is 1. The second-order valence-corrected chi connectivity index (χ2v) is 4.91. The first kappa shape index (κ1) is 14.9. The van der Waals surface area contributed by atoms with Gasteiger partial charge < -0.3 is 4.42 Å². The molecule has 4 nitrogen and oxygen atoms in total. The van der Waals surface area contributed by atoms with Gasteiger partial charge in [-0.2, -0.15) is 5.26 Å². The number of aryl methyl sites for hydroxylation is 1. The number of nitrogens with one attached hydrogen (secondary N) is 1. The van der Waals surface area contributed by atoms with Crippen LogP contribution in [0.5, 0.6) is 0 Å². The van der Waals surface area contributed by atoms with Gasteiger partial charge in [0.05, 0.1) is 0 Å². The zero-order valence-corrected chi connectivity index (χ0v) is 12.4. The van der Waals surface area contributed by atoms with E-state index in [1.165, 1.54) is 6.08 Å². The number of hydrogen-bond donors (Lipinski definition) is 1. The number of nitriles is 1. The predicted molar refractivity (Wildman–Crippen MR) is 82.0 cm³/mol. The molecule has 5 heteroatoms. The molecular weight excluding hydrogens is 288 g/mol. The van der Waals surface area contributed by atoms with Crippen LogP contribution >= 0.6 is 11.6 Å². The summed E-state index contributed by atoms with van der Waals surface area (Å²) in [7, 11) is 0. The molecule has 1 aromatic carbocycles. The smallest absolute Gasteiger partial charge is 0.250 e. The topological polar surface area (TPSA) is 66.0 Å². The minimum atomic E-state index is -0.366. The van der Waals surface area contributed by atoms with Crippen LogP contribution in [-0.2, 0) is 4.79 Å². The maximum Gasteiger partial charge on any atom is 0.250 e. The fourth-order valence-electron chi connectivity index (χ4n) is 1.75. The molecule has 0 fully saturated rings. The van der Waals surface area contributed by atoms with E-state index in [9.17, 15) is 4.79 Å². The van der Waals surface area contributed by atoms with Crippen LogP contribution in [0.15, 0.2) is 34.8 Å². The molecule has 0 aliphatic rings. The summed E-state index contributed by atoms with van der Waals surface area (Å²) in [5.41, 5.74) is 1.93. The van der Waals surface area contributed by atoms with Crippen molar-refractivity contribution < 1.29 is 9.21 Å². The van der Waals surface area contributed by atoms with E-state index in [-0.39, 0.29) is 11.8 Å². The summed E-state index contributed by atoms with van der Waals surface area (Å²) in [6.45, 7) is 3.52. The monoisotopic (exact) mass is 300 g/mol. The van der Waals surface area contributed by atoms with E-state index >= 15 is 0 Å². The summed E-state index contributed by atoms with van der Waals surface area (Å²) >= 11 is 5.79. The van der Waals surface area contributed by atoms with Crippen molar-refractivity contribution in [2.45, 2.75) is 13.8 Å². The third-order valence-electron chi connectivity index (χ3n) is 3.03. The second kappa shape index (κ2) is 6.29. The van der Waals surface area contributed by atoms with Gasteiger partial charge in [0.2, 0.25) is 5.88 Å². The fraction of sp³-hybridized carbons (Fsp3) is 0.125. The highest BCUT2D eigenvalue weighted by atomic mass is 35.5. The molecule has 1 aromatic heterocycles. The number of benzene rings is 1. The average Bonchev–Trinajstić information content (AvgIpc) is 2.72. The first-order chi connectivity index (χ1) is 10.0. The molecule has 0 saturated heterocycles. The molecule has 1 heterocycles. The van der Waals surface area contributed by atoms with Gasteiger partial charge in [-0.25, -0.2) is 0 Å². The first-order valence-electron chi connectivity index (χ1n) is 6.26. The molecular formula is C16H13ClN2O2. The van der Waals surface area contributed by atoms with Crippen molar-refractivity contribution in [1.29, 1.82) is 5.26 Å². The first-order valence-corrected chi connectivity index (χ1v) is 6.63. The minimum Gasteiger partial charge on any atom is -0.444 e. The van der Waals surface area contributed by atoms with Crippen molar-refractivity contribution in [3.8, 4) is 6.07 Å². The second-order valence-electron chi connectivity index (χ2n) is 4.47. The normalized spacial score (nSPS) is 10.6. The van der Waals surface area contributed by atoms with E-state index in [1.807, 2.05) is 6.07 Å². The largest absolute Gasteiger partial charge is 0.444 e. The number of carbonyl (C=O) groups is 1. The van der Waals surface area contributed by atoms with Crippen molar-refractivity contribution in [2.75, 3.05) is 5.32 Å². The Labute approximate surface area is 127 Å². The number of amides is 1. The number of anilines is 1. The molecule has 0 bridgehead atoms. The Bertz CT molecular complexity index is 737. The maximum absolute atomic E-state index is 11.8. The average molecular weight is 301 g/mol. The third kappa shape index (κ3) is 3.53. The predicted octanol–water partition coefficient (Wildman–Crippen LogP) is 4.07. The number of hydrogen-bond acceptors (Lipinski definition) is 3. The summed E-state index contributed by atoms with van der Waals surface area (Å²) in [5, 5.41) is 12.3. The molecule has 0 radical (unpaired) electrons. The van der Waals surface area contributed by atoms with Crippen LogP contribution in [0.3, 0.4) is 0 Å². The summed E-state index contributed by atoms with van der Waals surface area (Å²) in [4.78, 5) is 11.8. The summed E-state index contributed by atoms with van der Waals surface area (Å²) in [6, 6.07) is 9.11. The van der Waals surface area contributed by atoms with Crippen LogP contribution in [0, 0.1) is 25.2 Å². The fourth-order valence-corrected chi connectivity index (χ4v) is 1.87. The Hall–Kier alpha value is -2.51. The van der Waals surface area contributed by atoms with E-state index < -0.39 is 0 Å². The highest BCUT2D eigenvalue weighted by Crippen LogP contribution is 2.25. The third-order valence-corrected chi connectivity index (χ3v) is 3.28. The molecule has 1 amide bonds. The molecule has 2 aromatic rings. The zero-order valence-electron chi connectivity index (χ0n) is 11.6. The Morgan fingerprint density at radius 1 is 1.33 bits per heavy atom. The van der Waals surface area contributed by atoms with Crippen molar-refractivity contribution >= 4 is 29.5 Å². The van der Waals surface area contributed by atoms with Crippen molar-refractivity contribution in [3.05, 3.63) is 57.8 Å². The lowest BCUT2D eigenvalue weighted by atomic mass is 10.2. The molecule has 0 unspecified atom stereocenters. The quantitative estimate of drug-likeness (QED) is 0.869. The van der Waals surface area contributed by atoms with Crippen LogP contribution < -0.4 is 5.32 Å². The zero-order chi connectivity index (χ0) is 15.4. The van der Waals surface area contributed by atoms with Gasteiger partial charge in [-0.05, 0) is 37.6 Å². The molecule has 0 saturated carbocycles. The molecule has 0 atom stereocenters. The van der Waals surface area contributed by atoms with Gasteiger partial charge >= 0.3 is 0 Å². The number of rotatable bonds is 3. The van der Waals surface area contributed by atoms with Gasteiger partial charge in [0.1, 0.15) is 17.4 Å². The Morgan fingerprint density at radius 2 is 2.00 bits per heavy atom. The van der Waals surface area contributed by atoms with Crippen LogP contribution in [0.25, 0.3) is 6.08 Å². The van der Waals surface area contributed by atoms with Crippen LogP contribution in [0.1, 0.15) is 22.5 Å². The van der Waals surface area contributed by atoms with Crippen molar-refractivity contribution in [1.82, 2.24) is 0 Å². The highest BCUT2D eigenvalue weighted by molar-refractivity contribution is 6.30. The summed E-state index contributed by atoms with van der Waals surface area (Å²) in [5.74, 6) is 0.428. The van der Waals surface area contributed by atoms with E-state index in [0.29, 0.717) is 16.3 Å². The summed E-state index contributed by atoms with van der Waals surface area (Å²) < 4.78 is 5.37. The van der Waals surface area contributed by atoms with E-state index in [1.54, 1.807) is 44.2 Å². The minimum absolute atomic E-state index is 0.179. The number of nitrogens with zero attached hydrogens (tertiary/aromatic N) is 1. The SMILES string of the molecule is Cc1oc(NC(=O)/C=C/c2ccc(Cl)cc2)c(C#N)c1C. The Morgan fingerprint density at radius 3 is 2.62 bits per heavy atom. The van der Waals surface area contributed by atoms with Gasteiger partial charge in [0, 0.05) is 16.7 Å². The molecule has 0 spiro atoms. The van der Waals surface area contributed by atoms with Crippen molar-refractivity contribution in [2.24, 2.45) is 0 Å². The van der Waals surface area contributed by atoms with Crippen LogP contribution in [0.4, 0.5) is 5.88 Å². The van der Waals surface area contributed by atoms with Gasteiger partial charge in [-0.3, -0.25) is 10.1 Å². The van der Waals surface area contributed by atoms with Gasteiger partial charge in [0.15, 0.2) is 0 Å².